The van der Waals surface area contributed by atoms with E-state index in [0.29, 0.717) is 12.1 Å². The van der Waals surface area contributed by atoms with E-state index in [1.807, 2.05) is 0 Å². The van der Waals surface area contributed by atoms with E-state index in [0.717, 1.165) is 5.75 Å². The van der Waals surface area contributed by atoms with Gasteiger partial charge >= 0.3 is 0 Å². The van der Waals surface area contributed by atoms with Crippen molar-refractivity contribution >= 4 is 5.69 Å². The van der Waals surface area contributed by atoms with Gasteiger partial charge in [0.15, 0.2) is 0 Å². The molecule has 1 fully saturated rings. The molecule has 20 heavy (non-hydrogen) atoms. The van der Waals surface area contributed by atoms with Crippen LogP contribution in [-0.2, 0) is 0 Å². The van der Waals surface area contributed by atoms with Gasteiger partial charge in [0.25, 0.3) is 0 Å². The minimum Gasteiger partial charge on any atom is -0.490 e. The molecule has 2 rings (SSSR count). The Labute approximate surface area is 123 Å². The second kappa shape index (κ2) is 8.18. The summed E-state index contributed by atoms with van der Waals surface area (Å²) in [6, 6.07) is 9.02. The quantitative estimate of drug-likeness (QED) is 0.642. The molecule has 1 unspecified atom stereocenters. The molecule has 0 radical (unpaired) electrons. The number of rotatable bonds is 8. The van der Waals surface area contributed by atoms with Crippen LogP contribution in [0.1, 0.15) is 65.2 Å². The molecule has 1 atom stereocenters. The molecule has 1 aromatic rings. The van der Waals surface area contributed by atoms with Gasteiger partial charge in [0.05, 0.1) is 6.10 Å². The summed E-state index contributed by atoms with van der Waals surface area (Å²) in [5.41, 5.74) is 1.20. The largest absolute Gasteiger partial charge is 0.490 e. The predicted octanol–water partition coefficient (Wildman–Crippen LogP) is 5.39. The Morgan fingerprint density at radius 3 is 2.50 bits per heavy atom. The van der Waals surface area contributed by atoms with Crippen LogP contribution in [0.3, 0.4) is 0 Å². The first-order valence-electron chi connectivity index (χ1n) is 8.31. The van der Waals surface area contributed by atoms with Crippen LogP contribution < -0.4 is 10.1 Å². The fraction of sp³-hybridized carbons (Fsp3) is 0.667. The third kappa shape index (κ3) is 5.07. The first-order valence-corrected chi connectivity index (χ1v) is 8.31. The van der Waals surface area contributed by atoms with E-state index in [1.54, 1.807) is 0 Å². The Kier molecular flexibility index (Phi) is 6.23. The second-order valence-electron chi connectivity index (χ2n) is 6.09. The lowest BCUT2D eigenvalue weighted by atomic mass is 10.1. The maximum absolute atomic E-state index is 5.99. The van der Waals surface area contributed by atoms with Crippen molar-refractivity contribution in [2.75, 3.05) is 5.32 Å². The maximum atomic E-state index is 5.99. The Morgan fingerprint density at radius 2 is 1.85 bits per heavy atom. The summed E-state index contributed by atoms with van der Waals surface area (Å²) in [7, 11) is 0. The first-order chi connectivity index (χ1) is 9.78. The van der Waals surface area contributed by atoms with Crippen molar-refractivity contribution in [3.8, 4) is 5.75 Å². The summed E-state index contributed by atoms with van der Waals surface area (Å²) < 4.78 is 5.99. The van der Waals surface area contributed by atoms with Crippen LogP contribution in [-0.4, -0.2) is 12.1 Å². The zero-order chi connectivity index (χ0) is 14.2. The monoisotopic (exact) mass is 275 g/mol. The Hall–Kier alpha value is -1.18. The molecule has 0 amide bonds. The van der Waals surface area contributed by atoms with E-state index < -0.39 is 0 Å². The molecule has 0 heterocycles. The molecule has 1 aliphatic carbocycles. The second-order valence-corrected chi connectivity index (χ2v) is 6.09. The highest BCUT2D eigenvalue weighted by Crippen LogP contribution is 2.25. The summed E-state index contributed by atoms with van der Waals surface area (Å²) in [4.78, 5) is 0. The molecule has 0 saturated heterocycles. The van der Waals surface area contributed by atoms with Crippen molar-refractivity contribution in [1.82, 2.24) is 0 Å². The molecule has 2 heteroatoms. The van der Waals surface area contributed by atoms with Gasteiger partial charge in [0.2, 0.25) is 0 Å². The molecule has 1 N–H and O–H groups in total. The fourth-order valence-corrected chi connectivity index (χ4v) is 2.89. The van der Waals surface area contributed by atoms with Gasteiger partial charge < -0.3 is 10.1 Å². The Morgan fingerprint density at radius 1 is 1.15 bits per heavy atom. The van der Waals surface area contributed by atoms with Crippen molar-refractivity contribution < 1.29 is 4.74 Å². The molecule has 112 valence electrons. The molecule has 2 nitrogen and oxygen atoms in total. The zero-order valence-electron chi connectivity index (χ0n) is 13.0. The number of hydrogen-bond donors (Lipinski definition) is 1. The third-order valence-electron chi connectivity index (χ3n) is 4.11. The number of hydrogen-bond acceptors (Lipinski definition) is 2. The summed E-state index contributed by atoms with van der Waals surface area (Å²) in [5, 5.41) is 3.57. The Balaban J connectivity index is 1.75. The average molecular weight is 275 g/mol. The van der Waals surface area contributed by atoms with Crippen molar-refractivity contribution in [2.24, 2.45) is 0 Å². The van der Waals surface area contributed by atoms with E-state index in [9.17, 15) is 0 Å². The number of nitrogens with one attached hydrogen (secondary N) is 1. The number of benzene rings is 1. The lowest BCUT2D eigenvalue weighted by molar-refractivity contribution is 0.210. The Bertz CT molecular complexity index is 368. The van der Waals surface area contributed by atoms with Crippen LogP contribution in [0.5, 0.6) is 5.75 Å². The summed E-state index contributed by atoms with van der Waals surface area (Å²) in [6.45, 7) is 4.51. The average Bonchev–Trinajstić information content (AvgIpc) is 2.94. The minimum atomic E-state index is 0.446. The van der Waals surface area contributed by atoms with E-state index in [1.165, 1.54) is 57.1 Å². The van der Waals surface area contributed by atoms with E-state index in [2.05, 4.69) is 43.4 Å². The highest BCUT2D eigenvalue weighted by Gasteiger charge is 2.16. The van der Waals surface area contributed by atoms with E-state index in [4.69, 9.17) is 4.74 Å². The van der Waals surface area contributed by atoms with Crippen LogP contribution in [0.15, 0.2) is 24.3 Å². The SMILES string of the molecule is CCCCCC(C)Nc1ccc(OC2CCCC2)cc1. The molecule has 1 aliphatic rings. The van der Waals surface area contributed by atoms with E-state index >= 15 is 0 Å². The lowest BCUT2D eigenvalue weighted by Crippen LogP contribution is -2.15. The van der Waals surface area contributed by atoms with Crippen molar-refractivity contribution in [3.05, 3.63) is 24.3 Å². The molecule has 0 aromatic heterocycles. The van der Waals surface area contributed by atoms with Gasteiger partial charge in [-0.05, 0) is 63.3 Å². The summed E-state index contributed by atoms with van der Waals surface area (Å²) >= 11 is 0. The topological polar surface area (TPSA) is 21.3 Å². The molecule has 0 aliphatic heterocycles. The highest BCUT2D eigenvalue weighted by atomic mass is 16.5. The fourth-order valence-electron chi connectivity index (χ4n) is 2.89. The van der Waals surface area contributed by atoms with E-state index in [-0.39, 0.29) is 0 Å². The molecule has 0 bridgehead atoms. The number of ether oxygens (including phenoxy) is 1. The van der Waals surface area contributed by atoms with Gasteiger partial charge in [-0.25, -0.2) is 0 Å². The molecule has 1 saturated carbocycles. The maximum Gasteiger partial charge on any atom is 0.119 e. The van der Waals surface area contributed by atoms with Crippen LogP contribution >= 0.6 is 0 Å². The highest BCUT2D eigenvalue weighted by molar-refractivity contribution is 5.47. The normalized spacial score (nSPS) is 17.1. The van der Waals surface area contributed by atoms with Crippen LogP contribution in [0, 0.1) is 0 Å². The number of unbranched alkanes of at least 4 members (excludes halogenated alkanes) is 2. The zero-order valence-corrected chi connectivity index (χ0v) is 13.0. The molecule has 1 aromatic carbocycles. The summed E-state index contributed by atoms with van der Waals surface area (Å²) in [5.74, 6) is 1.01. The van der Waals surface area contributed by atoms with Gasteiger partial charge in [-0.2, -0.15) is 0 Å². The molecule has 0 spiro atoms. The standard InChI is InChI=1S/C18H29NO/c1-3-4-5-8-15(2)19-16-11-13-18(14-12-16)20-17-9-6-7-10-17/h11-15,17,19H,3-10H2,1-2H3. The van der Waals surface area contributed by atoms with Crippen LogP contribution in [0.2, 0.25) is 0 Å². The van der Waals surface area contributed by atoms with Gasteiger partial charge in [-0.1, -0.05) is 26.2 Å². The minimum absolute atomic E-state index is 0.446. The van der Waals surface area contributed by atoms with Crippen LogP contribution in [0.4, 0.5) is 5.69 Å². The number of anilines is 1. The first kappa shape index (κ1) is 15.2. The third-order valence-corrected chi connectivity index (χ3v) is 4.11. The molecular formula is C18H29NO. The van der Waals surface area contributed by atoms with Gasteiger partial charge in [0, 0.05) is 11.7 Å². The van der Waals surface area contributed by atoms with Crippen molar-refractivity contribution in [3.63, 3.8) is 0 Å². The smallest absolute Gasteiger partial charge is 0.119 e. The van der Waals surface area contributed by atoms with Crippen LogP contribution in [0.25, 0.3) is 0 Å². The van der Waals surface area contributed by atoms with Crippen molar-refractivity contribution in [2.45, 2.75) is 77.4 Å². The van der Waals surface area contributed by atoms with Gasteiger partial charge in [-0.15, -0.1) is 0 Å². The lowest BCUT2D eigenvalue weighted by Gasteiger charge is -2.16. The predicted molar refractivity (Wildman–Crippen MR) is 86.6 cm³/mol. The van der Waals surface area contributed by atoms with Crippen molar-refractivity contribution in [1.29, 1.82) is 0 Å². The molecular weight excluding hydrogens is 246 g/mol. The van der Waals surface area contributed by atoms with Gasteiger partial charge in [-0.3, -0.25) is 0 Å². The summed E-state index contributed by atoms with van der Waals surface area (Å²) in [6.07, 6.45) is 10.7. The van der Waals surface area contributed by atoms with Gasteiger partial charge in [0.1, 0.15) is 5.75 Å².